The smallest absolute Gasteiger partial charge is 0.414 e. The first-order valence-corrected chi connectivity index (χ1v) is 25.3. The van der Waals surface area contributed by atoms with Crippen molar-refractivity contribution in [2.75, 3.05) is 75.4 Å². The number of hydrogen-bond donors (Lipinski definition) is 0. The number of carbonyl (C=O) groups excluding carboxylic acids is 4. The Bertz CT molecular complexity index is 2470. The maximum Gasteiger partial charge on any atom is 0.414 e. The van der Waals surface area contributed by atoms with Crippen molar-refractivity contribution in [3.05, 3.63) is 129 Å². The quantitative estimate of drug-likeness (QED) is 0.172. The van der Waals surface area contributed by atoms with Gasteiger partial charge in [0, 0.05) is 74.2 Å². The van der Waals surface area contributed by atoms with E-state index < -0.39 is 11.2 Å². The Kier molecular flexibility index (Phi) is 15.5. The highest BCUT2D eigenvalue weighted by atomic mass is 79.9. The van der Waals surface area contributed by atoms with Crippen LogP contribution in [-0.2, 0) is 54.3 Å². The molecule has 9 rings (SSSR count). The summed E-state index contributed by atoms with van der Waals surface area (Å²) in [6.45, 7) is 19.5. The van der Waals surface area contributed by atoms with Gasteiger partial charge in [0.1, 0.15) is 24.4 Å². The van der Waals surface area contributed by atoms with Crippen molar-refractivity contribution in [1.82, 2.24) is 14.7 Å². The fourth-order valence-corrected chi connectivity index (χ4v) is 10.5. The first kappa shape index (κ1) is 50.7. The van der Waals surface area contributed by atoms with E-state index in [1.54, 1.807) is 19.6 Å². The van der Waals surface area contributed by atoms with Gasteiger partial charge >= 0.3 is 24.4 Å². The van der Waals surface area contributed by atoms with E-state index in [0.29, 0.717) is 39.3 Å². The molecule has 2 spiro atoms. The maximum absolute atomic E-state index is 13.2. The van der Waals surface area contributed by atoms with Gasteiger partial charge in [-0.2, -0.15) is 0 Å². The molecule has 5 heterocycles. The summed E-state index contributed by atoms with van der Waals surface area (Å²) in [5.74, 6) is 0. The standard InChI is InChI=1S/C30H39N3O5.C25H29BrN2O4/c1-29(2,3)38-28(35)33-22-30(25-19-24(9-10-26(25)33)20-31-15-17-36-18-16-31)11-13-32(14-12-30)27(34)37-21-23-7-5-4-6-8-23;1-24(2,3)32-23(30)28-17-25(20-15-19(26)9-10-21(20)28)11-13-27(14-12-25)22(29)31-16-18-7-5-4-6-8-18/h4-10,19H,11-18,20-22H2,1-3H3;4-10,15H,11-14,16-17H2,1-3H3. The maximum atomic E-state index is 13.2. The number of benzene rings is 4. The van der Waals surface area contributed by atoms with Crippen molar-refractivity contribution in [2.24, 2.45) is 0 Å². The highest BCUT2D eigenvalue weighted by Gasteiger charge is 2.50. The predicted octanol–water partition coefficient (Wildman–Crippen LogP) is 10.8. The second-order valence-electron chi connectivity index (χ2n) is 21.1. The average molecular weight is 1020 g/mol. The van der Waals surface area contributed by atoms with Crippen LogP contribution in [0.1, 0.15) is 95.0 Å². The van der Waals surface area contributed by atoms with Crippen molar-refractivity contribution in [3.8, 4) is 0 Å². The van der Waals surface area contributed by atoms with Crippen LogP contribution >= 0.6 is 15.9 Å². The van der Waals surface area contributed by atoms with E-state index >= 15 is 0 Å². The molecule has 0 unspecified atom stereocenters. The molecule has 4 aromatic rings. The van der Waals surface area contributed by atoms with E-state index in [4.69, 9.17) is 23.7 Å². The molecule has 0 aromatic heterocycles. The molecule has 3 saturated heterocycles. The number of nitrogens with zero attached hydrogens (tertiary/aromatic N) is 5. The van der Waals surface area contributed by atoms with Gasteiger partial charge in [0.05, 0.1) is 24.6 Å². The number of likely N-dealkylation sites (tertiary alicyclic amines) is 2. The Hall–Kier alpha value is -5.64. The minimum absolute atomic E-state index is 0.202. The van der Waals surface area contributed by atoms with E-state index in [1.165, 1.54) is 11.1 Å². The Balaban J connectivity index is 0.000000191. The van der Waals surface area contributed by atoms with Gasteiger partial charge in [0.15, 0.2) is 0 Å². The van der Waals surface area contributed by atoms with Gasteiger partial charge in [-0.25, -0.2) is 19.2 Å². The lowest BCUT2D eigenvalue weighted by molar-refractivity contribution is 0.0341. The third-order valence-electron chi connectivity index (χ3n) is 13.8. The van der Waals surface area contributed by atoms with E-state index in [1.807, 2.05) is 114 Å². The largest absolute Gasteiger partial charge is 0.445 e. The zero-order valence-electron chi connectivity index (χ0n) is 41.5. The van der Waals surface area contributed by atoms with Gasteiger partial charge in [-0.05, 0) is 119 Å². The van der Waals surface area contributed by atoms with Crippen molar-refractivity contribution in [3.63, 3.8) is 0 Å². The highest BCUT2D eigenvalue weighted by molar-refractivity contribution is 9.10. The predicted molar refractivity (Wildman–Crippen MR) is 272 cm³/mol. The molecule has 0 aliphatic carbocycles. The Labute approximate surface area is 421 Å². The summed E-state index contributed by atoms with van der Waals surface area (Å²) in [5.41, 5.74) is 5.76. The second kappa shape index (κ2) is 21.4. The van der Waals surface area contributed by atoms with Crippen LogP contribution in [0.3, 0.4) is 0 Å². The van der Waals surface area contributed by atoms with Crippen LogP contribution in [0, 0.1) is 0 Å². The van der Waals surface area contributed by atoms with Gasteiger partial charge in [-0.15, -0.1) is 0 Å². The number of rotatable bonds is 6. The van der Waals surface area contributed by atoms with Crippen molar-refractivity contribution in [1.29, 1.82) is 0 Å². The van der Waals surface area contributed by atoms with E-state index in [0.717, 1.165) is 91.1 Å². The molecule has 4 aromatic carbocycles. The molecule has 374 valence electrons. The summed E-state index contributed by atoms with van der Waals surface area (Å²) in [6.07, 6.45) is 1.82. The minimum Gasteiger partial charge on any atom is -0.445 e. The van der Waals surface area contributed by atoms with Crippen LogP contribution < -0.4 is 9.80 Å². The highest BCUT2D eigenvalue weighted by Crippen LogP contribution is 2.50. The number of amides is 4. The second-order valence-corrected chi connectivity index (χ2v) is 22.1. The molecule has 4 amide bonds. The minimum atomic E-state index is -0.574. The number of piperidine rings is 2. The number of morpholine rings is 1. The Morgan fingerprint density at radius 2 is 0.971 bits per heavy atom. The summed E-state index contributed by atoms with van der Waals surface area (Å²) < 4.78 is 29.0. The van der Waals surface area contributed by atoms with Gasteiger partial charge < -0.3 is 33.5 Å². The zero-order chi connectivity index (χ0) is 49.7. The van der Waals surface area contributed by atoms with Crippen LogP contribution in [0.2, 0.25) is 0 Å². The topological polar surface area (TPSA) is 131 Å². The molecule has 5 aliphatic heterocycles. The third-order valence-corrected chi connectivity index (χ3v) is 14.3. The van der Waals surface area contributed by atoms with Crippen molar-refractivity contribution >= 4 is 51.7 Å². The average Bonchev–Trinajstić information content (AvgIpc) is 3.82. The molecule has 0 radical (unpaired) electrons. The van der Waals surface area contributed by atoms with Crippen molar-refractivity contribution < 1.29 is 42.9 Å². The van der Waals surface area contributed by atoms with Gasteiger partial charge in [0.2, 0.25) is 0 Å². The Morgan fingerprint density at radius 3 is 1.41 bits per heavy atom. The number of anilines is 2. The SMILES string of the molecule is CC(C)(C)OC(=O)N1CC2(CCN(C(=O)OCc3ccccc3)CC2)c2cc(Br)ccc21.CC(C)(C)OC(=O)N1CC2(CCN(C(=O)OCc3ccccc3)CC2)c2cc(CN3CCOCC3)ccc21. The van der Waals surface area contributed by atoms with Crippen LogP contribution in [0.5, 0.6) is 0 Å². The molecule has 15 heteroatoms. The van der Waals surface area contributed by atoms with E-state index in [-0.39, 0.29) is 48.4 Å². The molecule has 14 nitrogen and oxygen atoms in total. The van der Waals surface area contributed by atoms with Crippen LogP contribution in [0.15, 0.2) is 102 Å². The van der Waals surface area contributed by atoms with E-state index in [9.17, 15) is 19.2 Å². The van der Waals surface area contributed by atoms with Gasteiger partial charge in [-0.1, -0.05) is 88.7 Å². The summed E-state index contributed by atoms with van der Waals surface area (Å²) in [4.78, 5) is 61.1. The molecule has 5 aliphatic rings. The fraction of sp³-hybridized carbons (Fsp3) is 0.491. The lowest BCUT2D eigenvalue weighted by Gasteiger charge is -2.39. The first-order chi connectivity index (χ1) is 33.4. The number of ether oxygens (including phenoxy) is 5. The summed E-state index contributed by atoms with van der Waals surface area (Å²) in [6, 6.07) is 31.9. The molecule has 3 fully saturated rings. The molecule has 0 bridgehead atoms. The van der Waals surface area contributed by atoms with Crippen LogP contribution in [0.25, 0.3) is 0 Å². The van der Waals surface area contributed by atoms with Crippen molar-refractivity contribution in [2.45, 2.75) is 109 Å². The first-order valence-electron chi connectivity index (χ1n) is 24.6. The molecule has 0 saturated carbocycles. The number of halogens is 1. The molecular formula is C55H68BrN5O9. The fourth-order valence-electron chi connectivity index (χ4n) is 10.1. The molecule has 0 atom stereocenters. The third kappa shape index (κ3) is 12.3. The summed E-state index contributed by atoms with van der Waals surface area (Å²) >= 11 is 3.58. The normalized spacial score (nSPS) is 18.4. The molecule has 0 N–H and O–H groups in total. The summed E-state index contributed by atoms with van der Waals surface area (Å²) in [7, 11) is 0. The van der Waals surface area contributed by atoms with Crippen LogP contribution in [0.4, 0.5) is 30.6 Å². The lowest BCUT2D eigenvalue weighted by Crippen LogP contribution is -2.48. The molecule has 70 heavy (non-hydrogen) atoms. The number of fused-ring (bicyclic) bond motifs is 4. The number of carbonyl (C=O) groups is 4. The summed E-state index contributed by atoms with van der Waals surface area (Å²) in [5, 5.41) is 0. The lowest BCUT2D eigenvalue weighted by atomic mass is 9.74. The molecular weight excluding hydrogens is 955 g/mol. The van der Waals surface area contributed by atoms with Gasteiger partial charge in [0.25, 0.3) is 0 Å². The van der Waals surface area contributed by atoms with Crippen LogP contribution in [-0.4, -0.2) is 116 Å². The zero-order valence-corrected chi connectivity index (χ0v) is 43.1. The van der Waals surface area contributed by atoms with Gasteiger partial charge in [-0.3, -0.25) is 14.7 Å². The number of hydrogen-bond acceptors (Lipinski definition) is 10. The Morgan fingerprint density at radius 1 is 0.543 bits per heavy atom. The van der Waals surface area contributed by atoms with E-state index in [2.05, 4.69) is 45.1 Å². The monoisotopic (exact) mass is 1020 g/mol.